The molecule has 0 bridgehead atoms. The maximum Gasteiger partial charge on any atom is 0.411 e. The first kappa shape index (κ1) is 19.7. The average molecular weight is 328 g/mol. The van der Waals surface area contributed by atoms with Crippen molar-refractivity contribution in [1.82, 2.24) is 4.90 Å². The molecule has 0 heterocycles. The first-order valence-electron chi connectivity index (χ1n) is 8.34. The van der Waals surface area contributed by atoms with E-state index in [1.165, 1.54) is 4.90 Å². The lowest BCUT2D eigenvalue weighted by molar-refractivity contribution is -0.156. The number of rotatable bonds is 3. The fourth-order valence-electron chi connectivity index (χ4n) is 2.59. The highest BCUT2D eigenvalue weighted by atomic mass is 16.6. The van der Waals surface area contributed by atoms with Crippen molar-refractivity contribution in [3.63, 3.8) is 0 Å². The van der Waals surface area contributed by atoms with Crippen LogP contribution in [0.5, 0.6) is 0 Å². The van der Waals surface area contributed by atoms with Gasteiger partial charge in [0, 0.05) is 12.1 Å². The number of hydrogen-bond acceptors (Lipinski definition) is 5. The molecule has 0 spiro atoms. The van der Waals surface area contributed by atoms with E-state index in [2.05, 4.69) is 0 Å². The summed E-state index contributed by atoms with van der Waals surface area (Å²) < 4.78 is 10.8. The van der Waals surface area contributed by atoms with Crippen LogP contribution in [0.4, 0.5) is 4.79 Å². The fraction of sp³-hybridized carbons (Fsp3) is 0.882. The minimum Gasteiger partial charge on any atom is -0.459 e. The van der Waals surface area contributed by atoms with E-state index in [0.717, 1.165) is 25.7 Å². The minimum atomic E-state index is -0.603. The molecule has 0 saturated heterocycles. The Labute approximate surface area is 139 Å². The summed E-state index contributed by atoms with van der Waals surface area (Å²) in [6.45, 7) is 10.8. The Morgan fingerprint density at radius 1 is 0.957 bits per heavy atom. The molecule has 134 valence electrons. The predicted octanol–water partition coefficient (Wildman–Crippen LogP) is 2.84. The van der Waals surface area contributed by atoms with Crippen molar-refractivity contribution < 1.29 is 19.1 Å². The highest BCUT2D eigenvalue weighted by molar-refractivity contribution is 5.78. The van der Waals surface area contributed by atoms with Crippen LogP contribution in [-0.4, -0.2) is 46.8 Å². The maximum absolute atomic E-state index is 12.5. The van der Waals surface area contributed by atoms with E-state index in [1.807, 2.05) is 41.5 Å². The van der Waals surface area contributed by atoms with Gasteiger partial charge in [-0.1, -0.05) is 0 Å². The van der Waals surface area contributed by atoms with Gasteiger partial charge in [-0.3, -0.25) is 9.69 Å². The van der Waals surface area contributed by atoms with Gasteiger partial charge in [0.2, 0.25) is 0 Å². The van der Waals surface area contributed by atoms with Gasteiger partial charge in [-0.25, -0.2) is 4.79 Å². The van der Waals surface area contributed by atoms with Gasteiger partial charge in [0.05, 0.1) is 0 Å². The second-order valence-electron chi connectivity index (χ2n) is 8.26. The Morgan fingerprint density at radius 2 is 1.43 bits per heavy atom. The summed E-state index contributed by atoms with van der Waals surface area (Å²) in [5.74, 6) is -0.418. The molecule has 1 fully saturated rings. The molecule has 1 aliphatic rings. The van der Waals surface area contributed by atoms with Gasteiger partial charge in [-0.15, -0.1) is 0 Å². The van der Waals surface area contributed by atoms with Crippen LogP contribution in [0.25, 0.3) is 0 Å². The second kappa shape index (κ2) is 7.51. The van der Waals surface area contributed by atoms with E-state index in [9.17, 15) is 9.59 Å². The highest BCUT2D eigenvalue weighted by Crippen LogP contribution is 2.24. The Bertz CT molecular complexity index is 415. The van der Waals surface area contributed by atoms with Crippen molar-refractivity contribution in [3.8, 4) is 0 Å². The number of ether oxygens (including phenoxy) is 2. The van der Waals surface area contributed by atoms with Crippen LogP contribution in [0.2, 0.25) is 0 Å². The van der Waals surface area contributed by atoms with Crippen LogP contribution in [-0.2, 0) is 14.3 Å². The van der Waals surface area contributed by atoms with E-state index >= 15 is 0 Å². The number of carbonyl (C=O) groups is 2. The zero-order valence-corrected chi connectivity index (χ0v) is 15.3. The molecule has 23 heavy (non-hydrogen) atoms. The van der Waals surface area contributed by atoms with E-state index in [-0.39, 0.29) is 18.6 Å². The van der Waals surface area contributed by atoms with Gasteiger partial charge < -0.3 is 15.2 Å². The molecule has 0 aliphatic heterocycles. The normalized spacial score (nSPS) is 22.4. The largest absolute Gasteiger partial charge is 0.459 e. The third-order valence-corrected chi connectivity index (χ3v) is 3.53. The molecule has 1 amide bonds. The SMILES string of the molecule is CC(C)(C)OC(=O)CN(C(=O)OC(C)(C)C)[C@H]1CC[C@H](N)CC1. The lowest BCUT2D eigenvalue weighted by atomic mass is 9.91. The van der Waals surface area contributed by atoms with Gasteiger partial charge in [-0.05, 0) is 67.2 Å². The smallest absolute Gasteiger partial charge is 0.411 e. The average Bonchev–Trinajstić information content (AvgIpc) is 2.33. The molecule has 0 aromatic carbocycles. The first-order valence-corrected chi connectivity index (χ1v) is 8.34. The van der Waals surface area contributed by atoms with Crippen LogP contribution in [0.3, 0.4) is 0 Å². The molecular formula is C17H32N2O4. The summed E-state index contributed by atoms with van der Waals surface area (Å²) in [4.78, 5) is 26.2. The molecule has 0 aromatic rings. The standard InChI is InChI=1S/C17H32N2O4/c1-16(2,3)22-14(20)11-19(15(21)23-17(4,5)6)13-9-7-12(18)8-10-13/h12-13H,7-11,18H2,1-6H3/t12-,13-. The zero-order valence-electron chi connectivity index (χ0n) is 15.3. The van der Waals surface area contributed by atoms with Crippen LogP contribution in [0.1, 0.15) is 67.2 Å². The summed E-state index contributed by atoms with van der Waals surface area (Å²) in [6.07, 6.45) is 2.78. The monoisotopic (exact) mass is 328 g/mol. The summed E-state index contributed by atoms with van der Waals surface area (Å²) >= 11 is 0. The van der Waals surface area contributed by atoms with E-state index in [4.69, 9.17) is 15.2 Å². The van der Waals surface area contributed by atoms with Crippen molar-refractivity contribution in [2.24, 2.45) is 5.73 Å². The second-order valence-corrected chi connectivity index (χ2v) is 8.26. The van der Waals surface area contributed by atoms with Crippen LogP contribution >= 0.6 is 0 Å². The number of hydrogen-bond donors (Lipinski definition) is 1. The van der Waals surface area contributed by atoms with Gasteiger partial charge >= 0.3 is 12.1 Å². The summed E-state index contributed by atoms with van der Waals surface area (Å²) in [6, 6.07) is 0.144. The molecule has 0 radical (unpaired) electrons. The van der Waals surface area contributed by atoms with Crippen molar-refractivity contribution in [2.75, 3.05) is 6.54 Å². The molecule has 0 atom stereocenters. The lowest BCUT2D eigenvalue weighted by Gasteiger charge is -2.36. The van der Waals surface area contributed by atoms with E-state index < -0.39 is 23.3 Å². The van der Waals surface area contributed by atoms with Crippen molar-refractivity contribution in [3.05, 3.63) is 0 Å². The molecule has 1 saturated carbocycles. The molecule has 1 rings (SSSR count). The molecule has 6 nitrogen and oxygen atoms in total. The number of esters is 1. The van der Waals surface area contributed by atoms with Crippen molar-refractivity contribution in [1.29, 1.82) is 0 Å². The van der Waals surface area contributed by atoms with Crippen LogP contribution in [0.15, 0.2) is 0 Å². The van der Waals surface area contributed by atoms with E-state index in [0.29, 0.717) is 0 Å². The number of amides is 1. The minimum absolute atomic E-state index is 0.0304. The molecule has 6 heteroatoms. The quantitative estimate of drug-likeness (QED) is 0.806. The number of nitrogens with two attached hydrogens (primary N) is 1. The van der Waals surface area contributed by atoms with Crippen molar-refractivity contribution >= 4 is 12.1 Å². The Morgan fingerprint density at radius 3 is 1.87 bits per heavy atom. The maximum atomic E-state index is 12.5. The summed E-state index contributed by atoms with van der Waals surface area (Å²) in [7, 11) is 0. The predicted molar refractivity (Wildman–Crippen MR) is 89.0 cm³/mol. The van der Waals surface area contributed by atoms with Gasteiger partial charge in [0.1, 0.15) is 17.7 Å². The third kappa shape index (κ3) is 7.68. The molecule has 0 aromatic heterocycles. The Hall–Kier alpha value is -1.30. The Kier molecular flexibility index (Phi) is 6.45. The third-order valence-electron chi connectivity index (χ3n) is 3.53. The first-order chi connectivity index (χ1) is 10.4. The highest BCUT2D eigenvalue weighted by Gasteiger charge is 2.33. The zero-order chi connectivity index (χ0) is 17.8. The van der Waals surface area contributed by atoms with E-state index in [1.54, 1.807) is 0 Å². The fourth-order valence-corrected chi connectivity index (χ4v) is 2.59. The molecule has 2 N–H and O–H groups in total. The van der Waals surface area contributed by atoms with Crippen molar-refractivity contribution in [2.45, 2.75) is 90.5 Å². The topological polar surface area (TPSA) is 81.9 Å². The number of nitrogens with zero attached hydrogens (tertiary/aromatic N) is 1. The Balaban J connectivity index is 2.79. The summed E-state index contributed by atoms with van der Waals surface area (Å²) in [5.41, 5.74) is 4.75. The van der Waals surface area contributed by atoms with Gasteiger partial charge in [0.25, 0.3) is 0 Å². The van der Waals surface area contributed by atoms with Crippen LogP contribution < -0.4 is 5.73 Å². The van der Waals surface area contributed by atoms with Crippen LogP contribution in [0, 0.1) is 0 Å². The van der Waals surface area contributed by atoms with Gasteiger partial charge in [0.15, 0.2) is 0 Å². The summed E-state index contributed by atoms with van der Waals surface area (Å²) in [5, 5.41) is 0. The molecular weight excluding hydrogens is 296 g/mol. The lowest BCUT2D eigenvalue weighted by Crippen LogP contribution is -2.49. The van der Waals surface area contributed by atoms with Gasteiger partial charge in [-0.2, -0.15) is 0 Å². The number of carbonyl (C=O) groups excluding carboxylic acids is 2. The molecule has 1 aliphatic carbocycles. The molecule has 0 unspecified atom stereocenters.